The van der Waals surface area contributed by atoms with Crippen LogP contribution in [-0.2, 0) is 17.8 Å². The fourth-order valence-corrected chi connectivity index (χ4v) is 3.38. The highest BCUT2D eigenvalue weighted by atomic mass is 35.5. The van der Waals surface area contributed by atoms with E-state index in [-0.39, 0.29) is 30.7 Å². The minimum absolute atomic E-state index is 0.0740. The zero-order chi connectivity index (χ0) is 22.5. The molecule has 0 fully saturated rings. The summed E-state index contributed by atoms with van der Waals surface area (Å²) in [6.45, 7) is 5.46. The van der Waals surface area contributed by atoms with Gasteiger partial charge >= 0.3 is 0 Å². The summed E-state index contributed by atoms with van der Waals surface area (Å²) in [5.41, 5.74) is 1.81. The number of aromatic nitrogens is 2. The zero-order valence-corrected chi connectivity index (χ0v) is 18.6. The predicted octanol–water partition coefficient (Wildman–Crippen LogP) is 4.58. The molecule has 0 atom stereocenters. The number of carbonyl (C=O) groups excluding carboxylic acids is 2. The van der Waals surface area contributed by atoms with E-state index in [0.29, 0.717) is 39.2 Å². The van der Waals surface area contributed by atoms with Crippen molar-refractivity contribution in [3.8, 4) is 17.2 Å². The number of rotatable bonds is 8. The molecule has 1 amide bonds. The standard InChI is InChI=1S/C23H24ClN3O4/c1-14(2)27(13-21-25-26-23(31-21)18-7-5-6-8-19(18)24)22(29)12-17-11-16(15(3)28)9-10-20(17)30-4/h5-11,14H,12-13H2,1-4H3. The Balaban J connectivity index is 1.80. The highest BCUT2D eigenvalue weighted by Crippen LogP contribution is 2.27. The van der Waals surface area contributed by atoms with E-state index in [0.717, 1.165) is 0 Å². The summed E-state index contributed by atoms with van der Waals surface area (Å²) in [7, 11) is 1.53. The van der Waals surface area contributed by atoms with Gasteiger partial charge in [0, 0.05) is 17.2 Å². The lowest BCUT2D eigenvalue weighted by Gasteiger charge is -2.25. The van der Waals surface area contributed by atoms with Crippen LogP contribution in [0, 0.1) is 0 Å². The Morgan fingerprint density at radius 2 is 1.90 bits per heavy atom. The van der Waals surface area contributed by atoms with Crippen molar-refractivity contribution in [1.82, 2.24) is 15.1 Å². The first-order valence-electron chi connectivity index (χ1n) is 9.84. The largest absolute Gasteiger partial charge is 0.496 e. The van der Waals surface area contributed by atoms with Gasteiger partial charge in [0.2, 0.25) is 17.7 Å². The van der Waals surface area contributed by atoms with Gasteiger partial charge in [0.15, 0.2) is 5.78 Å². The van der Waals surface area contributed by atoms with Crippen LogP contribution in [0.1, 0.15) is 42.6 Å². The summed E-state index contributed by atoms with van der Waals surface area (Å²) >= 11 is 6.20. The van der Waals surface area contributed by atoms with Gasteiger partial charge in [0.1, 0.15) is 5.75 Å². The summed E-state index contributed by atoms with van der Waals surface area (Å²) < 4.78 is 11.1. The Morgan fingerprint density at radius 1 is 1.16 bits per heavy atom. The topological polar surface area (TPSA) is 85.5 Å². The molecular formula is C23H24ClN3O4. The molecule has 3 aromatic rings. The first kappa shape index (κ1) is 22.5. The lowest BCUT2D eigenvalue weighted by molar-refractivity contribution is -0.133. The molecule has 3 rings (SSSR count). The summed E-state index contributed by atoms with van der Waals surface area (Å²) in [5.74, 6) is 0.941. The van der Waals surface area contributed by atoms with Gasteiger partial charge in [-0.1, -0.05) is 23.7 Å². The Labute approximate surface area is 186 Å². The van der Waals surface area contributed by atoms with Crippen molar-refractivity contribution in [3.63, 3.8) is 0 Å². The van der Waals surface area contributed by atoms with Crippen molar-refractivity contribution in [2.24, 2.45) is 0 Å². The van der Waals surface area contributed by atoms with Crippen LogP contribution in [0.4, 0.5) is 0 Å². The van der Waals surface area contributed by atoms with E-state index < -0.39 is 0 Å². The van der Waals surface area contributed by atoms with Crippen LogP contribution in [0.2, 0.25) is 5.02 Å². The lowest BCUT2D eigenvalue weighted by Crippen LogP contribution is -2.37. The average molecular weight is 442 g/mol. The highest BCUT2D eigenvalue weighted by Gasteiger charge is 2.23. The number of amides is 1. The molecule has 0 aliphatic heterocycles. The van der Waals surface area contributed by atoms with Crippen LogP contribution in [0.3, 0.4) is 0 Å². The van der Waals surface area contributed by atoms with E-state index in [1.165, 1.54) is 14.0 Å². The third kappa shape index (κ3) is 5.30. The first-order chi connectivity index (χ1) is 14.8. The molecule has 1 heterocycles. The van der Waals surface area contributed by atoms with Crippen LogP contribution >= 0.6 is 11.6 Å². The van der Waals surface area contributed by atoms with Gasteiger partial charge in [0.25, 0.3) is 0 Å². The minimum atomic E-state index is -0.147. The normalized spacial score (nSPS) is 10.9. The Morgan fingerprint density at radius 3 is 2.55 bits per heavy atom. The molecule has 0 saturated heterocycles. The SMILES string of the molecule is COc1ccc(C(C)=O)cc1CC(=O)N(Cc1nnc(-c2ccccc2Cl)o1)C(C)C. The summed E-state index contributed by atoms with van der Waals surface area (Å²) in [5, 5.41) is 8.65. The number of Topliss-reactive ketones (excluding diaryl/α,β-unsaturated/α-hetero) is 1. The summed E-state index contributed by atoms with van der Waals surface area (Å²) in [6.07, 6.45) is 0.0774. The van der Waals surface area contributed by atoms with Gasteiger partial charge in [-0.15, -0.1) is 10.2 Å². The molecule has 0 unspecified atom stereocenters. The van der Waals surface area contributed by atoms with Crippen LogP contribution in [0.5, 0.6) is 5.75 Å². The highest BCUT2D eigenvalue weighted by molar-refractivity contribution is 6.33. The van der Waals surface area contributed by atoms with Gasteiger partial charge in [-0.05, 0) is 51.1 Å². The second-order valence-electron chi connectivity index (χ2n) is 7.36. The molecule has 7 nitrogen and oxygen atoms in total. The number of ketones is 1. The number of hydrogen-bond donors (Lipinski definition) is 0. The second kappa shape index (κ2) is 9.75. The Bertz CT molecular complexity index is 1090. The molecule has 0 saturated carbocycles. The number of hydrogen-bond acceptors (Lipinski definition) is 6. The van der Waals surface area contributed by atoms with Crippen LogP contribution < -0.4 is 4.74 Å². The molecule has 162 valence electrons. The summed E-state index contributed by atoms with van der Waals surface area (Å²) in [6, 6.07) is 12.2. The monoisotopic (exact) mass is 441 g/mol. The maximum Gasteiger partial charge on any atom is 0.249 e. The van der Waals surface area contributed by atoms with Crippen LogP contribution in [-0.4, -0.2) is 39.9 Å². The van der Waals surface area contributed by atoms with E-state index in [9.17, 15) is 9.59 Å². The fraction of sp³-hybridized carbons (Fsp3) is 0.304. The maximum atomic E-state index is 13.1. The van der Waals surface area contributed by atoms with E-state index in [4.69, 9.17) is 20.8 Å². The molecule has 0 spiro atoms. The molecule has 0 aliphatic rings. The van der Waals surface area contributed by atoms with Crippen molar-refractivity contribution in [2.45, 2.75) is 39.8 Å². The van der Waals surface area contributed by atoms with Gasteiger partial charge < -0.3 is 14.1 Å². The van der Waals surface area contributed by atoms with Gasteiger partial charge in [-0.25, -0.2) is 0 Å². The van der Waals surface area contributed by atoms with Crippen molar-refractivity contribution in [2.75, 3.05) is 7.11 Å². The van der Waals surface area contributed by atoms with Crippen molar-refractivity contribution in [3.05, 3.63) is 64.5 Å². The summed E-state index contributed by atoms with van der Waals surface area (Å²) in [4.78, 5) is 26.5. The molecular weight excluding hydrogens is 418 g/mol. The van der Waals surface area contributed by atoms with E-state index in [1.54, 1.807) is 35.2 Å². The van der Waals surface area contributed by atoms with Crippen LogP contribution in [0.15, 0.2) is 46.9 Å². The smallest absolute Gasteiger partial charge is 0.249 e. The molecule has 0 aliphatic carbocycles. The van der Waals surface area contributed by atoms with Gasteiger partial charge in [0.05, 0.1) is 30.7 Å². The number of carbonyl (C=O) groups is 2. The number of methoxy groups -OCH3 is 1. The third-order valence-corrected chi connectivity index (χ3v) is 5.18. The Kier molecular flexibility index (Phi) is 7.07. The molecule has 0 radical (unpaired) electrons. The average Bonchev–Trinajstić information content (AvgIpc) is 3.20. The molecule has 8 heteroatoms. The Hall–Kier alpha value is -3.19. The third-order valence-electron chi connectivity index (χ3n) is 4.85. The van der Waals surface area contributed by atoms with Crippen molar-refractivity contribution < 1.29 is 18.7 Å². The fourth-order valence-electron chi connectivity index (χ4n) is 3.17. The molecule has 1 aromatic heterocycles. The predicted molar refractivity (Wildman–Crippen MR) is 117 cm³/mol. The number of halogens is 1. The van der Waals surface area contributed by atoms with E-state index in [2.05, 4.69) is 10.2 Å². The van der Waals surface area contributed by atoms with Crippen LogP contribution in [0.25, 0.3) is 11.5 Å². The van der Waals surface area contributed by atoms with Crippen molar-refractivity contribution >= 4 is 23.3 Å². The quantitative estimate of drug-likeness (QED) is 0.475. The lowest BCUT2D eigenvalue weighted by atomic mass is 10.0. The zero-order valence-electron chi connectivity index (χ0n) is 17.9. The van der Waals surface area contributed by atoms with Crippen molar-refractivity contribution in [1.29, 1.82) is 0 Å². The van der Waals surface area contributed by atoms with Gasteiger partial charge in [-0.2, -0.15) is 0 Å². The molecule has 0 N–H and O–H groups in total. The minimum Gasteiger partial charge on any atom is -0.496 e. The molecule has 2 aromatic carbocycles. The number of nitrogens with zero attached hydrogens (tertiary/aromatic N) is 3. The molecule has 31 heavy (non-hydrogen) atoms. The number of benzene rings is 2. The number of ether oxygens (including phenoxy) is 1. The molecule has 0 bridgehead atoms. The second-order valence-corrected chi connectivity index (χ2v) is 7.76. The van der Waals surface area contributed by atoms with E-state index in [1.807, 2.05) is 26.0 Å². The van der Waals surface area contributed by atoms with Gasteiger partial charge in [-0.3, -0.25) is 9.59 Å². The van der Waals surface area contributed by atoms with E-state index >= 15 is 0 Å². The maximum absolute atomic E-state index is 13.1. The first-order valence-corrected chi connectivity index (χ1v) is 10.2.